The van der Waals surface area contributed by atoms with E-state index in [1.165, 1.54) is 0 Å². The molecule has 0 aliphatic heterocycles. The minimum Gasteiger partial charge on any atom is -0.508 e. The highest BCUT2D eigenvalue weighted by atomic mass is 16.3. The Morgan fingerprint density at radius 3 is 2.50 bits per heavy atom. The van der Waals surface area contributed by atoms with E-state index in [1.807, 2.05) is 36.4 Å². The lowest BCUT2D eigenvalue weighted by Gasteiger charge is -2.02. The summed E-state index contributed by atoms with van der Waals surface area (Å²) < 4.78 is 5.35. The summed E-state index contributed by atoms with van der Waals surface area (Å²) in [5.74, 6) is 0.281. The summed E-state index contributed by atoms with van der Waals surface area (Å²) in [6, 6.07) is 15.1. The van der Waals surface area contributed by atoms with Crippen LogP contribution < -0.4 is 0 Å². The molecule has 3 rings (SSSR count). The number of furan rings is 1. The molecule has 0 aliphatic rings. The molecule has 2 aromatic carbocycles. The van der Waals surface area contributed by atoms with Crippen LogP contribution in [-0.2, 0) is 0 Å². The van der Waals surface area contributed by atoms with Crippen molar-refractivity contribution < 1.29 is 9.52 Å². The molecular formula is C14H10O2. The number of fused-ring (bicyclic) bond motifs is 1. The van der Waals surface area contributed by atoms with Gasteiger partial charge in [0.15, 0.2) is 0 Å². The van der Waals surface area contributed by atoms with E-state index in [4.69, 9.17) is 4.42 Å². The molecule has 78 valence electrons. The van der Waals surface area contributed by atoms with E-state index in [0.29, 0.717) is 0 Å². The van der Waals surface area contributed by atoms with Crippen LogP contribution in [0.15, 0.2) is 59.2 Å². The first kappa shape index (κ1) is 9.04. The monoisotopic (exact) mass is 210 g/mol. The minimum absolute atomic E-state index is 0.281. The molecule has 0 amide bonds. The SMILES string of the molecule is Oc1ccc(-c2cccc3occc23)cc1. The highest BCUT2D eigenvalue weighted by Crippen LogP contribution is 2.29. The Labute approximate surface area is 92.8 Å². The molecule has 1 heterocycles. The summed E-state index contributed by atoms with van der Waals surface area (Å²) in [7, 11) is 0. The second kappa shape index (κ2) is 3.42. The van der Waals surface area contributed by atoms with Crippen LogP contribution >= 0.6 is 0 Å². The number of phenolic OH excluding ortho intramolecular Hbond substituents is 1. The van der Waals surface area contributed by atoms with Crippen LogP contribution in [0.4, 0.5) is 0 Å². The average Bonchev–Trinajstić information content (AvgIpc) is 2.78. The predicted molar refractivity (Wildman–Crippen MR) is 63.3 cm³/mol. The molecule has 1 N–H and O–H groups in total. The molecule has 0 aliphatic carbocycles. The summed E-state index contributed by atoms with van der Waals surface area (Å²) in [6.45, 7) is 0. The maximum atomic E-state index is 9.26. The summed E-state index contributed by atoms with van der Waals surface area (Å²) in [6.07, 6.45) is 1.69. The van der Waals surface area contributed by atoms with Crippen LogP contribution in [-0.4, -0.2) is 5.11 Å². The predicted octanol–water partition coefficient (Wildman–Crippen LogP) is 3.81. The summed E-state index contributed by atoms with van der Waals surface area (Å²) >= 11 is 0. The van der Waals surface area contributed by atoms with Crippen LogP contribution in [0, 0.1) is 0 Å². The van der Waals surface area contributed by atoms with Crippen molar-refractivity contribution in [3.63, 3.8) is 0 Å². The van der Waals surface area contributed by atoms with Crippen molar-refractivity contribution in [3.05, 3.63) is 54.8 Å². The molecule has 0 spiro atoms. The third-order valence-electron chi connectivity index (χ3n) is 2.67. The topological polar surface area (TPSA) is 33.4 Å². The first-order valence-corrected chi connectivity index (χ1v) is 5.10. The number of hydrogen-bond donors (Lipinski definition) is 1. The Balaban J connectivity index is 2.25. The summed E-state index contributed by atoms with van der Waals surface area (Å²) in [5.41, 5.74) is 3.07. The number of benzene rings is 2. The Hall–Kier alpha value is -2.22. The molecule has 16 heavy (non-hydrogen) atoms. The lowest BCUT2D eigenvalue weighted by atomic mass is 10.0. The second-order valence-corrected chi connectivity index (χ2v) is 3.68. The van der Waals surface area contributed by atoms with Gasteiger partial charge in [0.05, 0.1) is 6.26 Å². The van der Waals surface area contributed by atoms with Gasteiger partial charge in [-0.05, 0) is 35.4 Å². The Kier molecular flexibility index (Phi) is 1.93. The lowest BCUT2D eigenvalue weighted by molar-refractivity contribution is 0.475. The van der Waals surface area contributed by atoms with E-state index < -0.39 is 0 Å². The number of aromatic hydroxyl groups is 1. The number of hydrogen-bond acceptors (Lipinski definition) is 2. The molecular weight excluding hydrogens is 200 g/mol. The Bertz CT molecular complexity index is 621. The zero-order chi connectivity index (χ0) is 11.0. The van der Waals surface area contributed by atoms with Crippen molar-refractivity contribution in [2.24, 2.45) is 0 Å². The number of phenols is 1. The highest BCUT2D eigenvalue weighted by Gasteiger charge is 2.04. The molecule has 2 heteroatoms. The van der Waals surface area contributed by atoms with Gasteiger partial charge in [0.1, 0.15) is 11.3 Å². The van der Waals surface area contributed by atoms with Gasteiger partial charge in [0.2, 0.25) is 0 Å². The first-order chi connectivity index (χ1) is 7.84. The second-order valence-electron chi connectivity index (χ2n) is 3.68. The van der Waals surface area contributed by atoms with Crippen LogP contribution in [0.5, 0.6) is 5.75 Å². The van der Waals surface area contributed by atoms with E-state index >= 15 is 0 Å². The molecule has 0 saturated carbocycles. The summed E-state index contributed by atoms with van der Waals surface area (Å²) in [5, 5.41) is 10.3. The Morgan fingerprint density at radius 2 is 1.69 bits per heavy atom. The van der Waals surface area contributed by atoms with Crippen molar-refractivity contribution in [1.82, 2.24) is 0 Å². The van der Waals surface area contributed by atoms with Crippen LogP contribution in [0.25, 0.3) is 22.1 Å². The van der Waals surface area contributed by atoms with Gasteiger partial charge < -0.3 is 9.52 Å². The molecule has 2 nitrogen and oxygen atoms in total. The van der Waals surface area contributed by atoms with E-state index in [1.54, 1.807) is 18.4 Å². The Morgan fingerprint density at radius 1 is 0.875 bits per heavy atom. The molecule has 0 bridgehead atoms. The van der Waals surface area contributed by atoms with Gasteiger partial charge >= 0.3 is 0 Å². The van der Waals surface area contributed by atoms with E-state index in [2.05, 4.69) is 0 Å². The van der Waals surface area contributed by atoms with Crippen LogP contribution in [0.2, 0.25) is 0 Å². The zero-order valence-corrected chi connectivity index (χ0v) is 8.55. The van der Waals surface area contributed by atoms with Crippen LogP contribution in [0.3, 0.4) is 0 Å². The van der Waals surface area contributed by atoms with Gasteiger partial charge in [-0.3, -0.25) is 0 Å². The van der Waals surface area contributed by atoms with Gasteiger partial charge in [0.25, 0.3) is 0 Å². The molecule has 0 fully saturated rings. The van der Waals surface area contributed by atoms with Crippen LogP contribution in [0.1, 0.15) is 0 Å². The first-order valence-electron chi connectivity index (χ1n) is 5.10. The van der Waals surface area contributed by atoms with Crippen molar-refractivity contribution in [1.29, 1.82) is 0 Å². The molecule has 0 unspecified atom stereocenters. The molecule has 0 atom stereocenters. The fourth-order valence-corrected chi connectivity index (χ4v) is 1.89. The molecule has 1 aromatic heterocycles. The summed E-state index contributed by atoms with van der Waals surface area (Å²) in [4.78, 5) is 0. The third-order valence-corrected chi connectivity index (χ3v) is 2.67. The van der Waals surface area contributed by atoms with Crippen molar-refractivity contribution in [2.45, 2.75) is 0 Å². The fraction of sp³-hybridized carbons (Fsp3) is 0. The minimum atomic E-state index is 0.281. The van der Waals surface area contributed by atoms with Crippen molar-refractivity contribution >= 4 is 11.0 Å². The largest absolute Gasteiger partial charge is 0.508 e. The van der Waals surface area contributed by atoms with Gasteiger partial charge in [0, 0.05) is 5.39 Å². The average molecular weight is 210 g/mol. The lowest BCUT2D eigenvalue weighted by Crippen LogP contribution is -1.77. The normalized spacial score (nSPS) is 10.8. The van der Waals surface area contributed by atoms with Gasteiger partial charge in [-0.2, -0.15) is 0 Å². The molecule has 0 radical (unpaired) electrons. The quantitative estimate of drug-likeness (QED) is 0.662. The van der Waals surface area contributed by atoms with Crippen molar-refractivity contribution in [2.75, 3.05) is 0 Å². The fourth-order valence-electron chi connectivity index (χ4n) is 1.89. The maximum Gasteiger partial charge on any atom is 0.134 e. The van der Waals surface area contributed by atoms with E-state index in [-0.39, 0.29) is 5.75 Å². The zero-order valence-electron chi connectivity index (χ0n) is 8.55. The molecule has 0 saturated heterocycles. The smallest absolute Gasteiger partial charge is 0.134 e. The maximum absolute atomic E-state index is 9.26. The highest BCUT2D eigenvalue weighted by molar-refractivity contribution is 5.93. The van der Waals surface area contributed by atoms with Gasteiger partial charge in [-0.1, -0.05) is 24.3 Å². The van der Waals surface area contributed by atoms with Gasteiger partial charge in [-0.25, -0.2) is 0 Å². The molecule has 3 aromatic rings. The van der Waals surface area contributed by atoms with E-state index in [9.17, 15) is 5.11 Å². The number of rotatable bonds is 1. The van der Waals surface area contributed by atoms with Crippen molar-refractivity contribution in [3.8, 4) is 16.9 Å². The third kappa shape index (κ3) is 1.36. The van der Waals surface area contributed by atoms with Gasteiger partial charge in [-0.15, -0.1) is 0 Å². The van der Waals surface area contributed by atoms with E-state index in [0.717, 1.165) is 22.1 Å². The standard InChI is InChI=1S/C14H10O2/c15-11-6-4-10(5-7-11)12-2-1-3-14-13(12)8-9-16-14/h1-9,15H.